The number of ether oxygens (including phenoxy) is 1. The standard InChI is InChI=1S/C19H20ClF2N3O2/c20-15-10-14(18(26)25-8-4-1-5-9-25)12-24-17(15)23-11-13-6-2-3-7-16(13)27-19(21)22/h2-3,6-7,10,12,19H,1,4-5,8-9,11H2,(H,23,24). The summed E-state index contributed by atoms with van der Waals surface area (Å²) in [7, 11) is 0. The molecule has 144 valence electrons. The molecular weight excluding hydrogens is 376 g/mol. The molecule has 1 aromatic carbocycles. The number of anilines is 1. The second-order valence-corrected chi connectivity index (χ2v) is 6.65. The van der Waals surface area contributed by atoms with E-state index in [0.29, 0.717) is 22.0 Å². The van der Waals surface area contributed by atoms with Crippen molar-refractivity contribution in [2.75, 3.05) is 18.4 Å². The van der Waals surface area contributed by atoms with Crippen molar-refractivity contribution < 1.29 is 18.3 Å². The summed E-state index contributed by atoms with van der Waals surface area (Å²) < 4.78 is 29.5. The van der Waals surface area contributed by atoms with E-state index >= 15 is 0 Å². The van der Waals surface area contributed by atoms with Crippen LogP contribution in [0, 0.1) is 0 Å². The van der Waals surface area contributed by atoms with Crippen LogP contribution in [0.2, 0.25) is 5.02 Å². The number of pyridine rings is 1. The van der Waals surface area contributed by atoms with Gasteiger partial charge in [-0.1, -0.05) is 29.8 Å². The maximum absolute atomic E-state index is 12.5. The molecule has 3 rings (SSSR count). The topological polar surface area (TPSA) is 54.5 Å². The van der Waals surface area contributed by atoms with Crippen molar-refractivity contribution in [2.24, 2.45) is 0 Å². The maximum Gasteiger partial charge on any atom is 0.387 e. The molecule has 1 saturated heterocycles. The van der Waals surface area contributed by atoms with E-state index < -0.39 is 6.61 Å². The first-order valence-electron chi connectivity index (χ1n) is 8.76. The Labute approximate surface area is 161 Å². The number of carbonyl (C=O) groups excluding carboxylic acids is 1. The van der Waals surface area contributed by atoms with E-state index in [1.165, 1.54) is 12.3 Å². The third-order valence-electron chi connectivity index (χ3n) is 4.37. The number of likely N-dealkylation sites (tertiary alicyclic amines) is 1. The van der Waals surface area contributed by atoms with Gasteiger partial charge >= 0.3 is 6.61 Å². The fraction of sp³-hybridized carbons (Fsp3) is 0.368. The summed E-state index contributed by atoms with van der Waals surface area (Å²) in [4.78, 5) is 18.5. The first kappa shape index (κ1) is 19.4. The number of piperidine rings is 1. The van der Waals surface area contributed by atoms with Gasteiger partial charge in [-0.15, -0.1) is 0 Å². The monoisotopic (exact) mass is 395 g/mol. The van der Waals surface area contributed by atoms with Gasteiger partial charge in [0.15, 0.2) is 0 Å². The number of hydrogen-bond donors (Lipinski definition) is 1. The summed E-state index contributed by atoms with van der Waals surface area (Å²) in [6.07, 6.45) is 4.63. The van der Waals surface area contributed by atoms with Gasteiger partial charge in [-0.2, -0.15) is 8.78 Å². The highest BCUT2D eigenvalue weighted by Crippen LogP contribution is 2.25. The molecule has 2 heterocycles. The Morgan fingerprint density at radius 1 is 1.26 bits per heavy atom. The van der Waals surface area contributed by atoms with Crippen LogP contribution in [-0.2, 0) is 6.54 Å². The summed E-state index contributed by atoms with van der Waals surface area (Å²) in [5, 5.41) is 3.29. The van der Waals surface area contributed by atoms with E-state index in [0.717, 1.165) is 32.4 Å². The summed E-state index contributed by atoms with van der Waals surface area (Å²) in [5.74, 6) is 0.387. The maximum atomic E-state index is 12.5. The van der Waals surface area contributed by atoms with Gasteiger partial charge in [-0.25, -0.2) is 4.98 Å². The van der Waals surface area contributed by atoms with E-state index in [2.05, 4.69) is 15.0 Å². The van der Waals surface area contributed by atoms with Crippen molar-refractivity contribution >= 4 is 23.3 Å². The van der Waals surface area contributed by atoms with Crippen molar-refractivity contribution in [1.82, 2.24) is 9.88 Å². The van der Waals surface area contributed by atoms with Crippen molar-refractivity contribution in [3.05, 3.63) is 52.7 Å². The zero-order chi connectivity index (χ0) is 19.2. The third-order valence-corrected chi connectivity index (χ3v) is 4.65. The largest absolute Gasteiger partial charge is 0.434 e. The molecule has 1 N–H and O–H groups in total. The Morgan fingerprint density at radius 3 is 2.70 bits per heavy atom. The molecular formula is C19H20ClF2N3O2. The van der Waals surface area contributed by atoms with E-state index in [4.69, 9.17) is 11.6 Å². The molecule has 1 fully saturated rings. The molecule has 5 nitrogen and oxygen atoms in total. The minimum absolute atomic E-state index is 0.0775. The molecule has 0 saturated carbocycles. The van der Waals surface area contributed by atoms with Gasteiger partial charge in [0, 0.05) is 31.4 Å². The number of alkyl halides is 2. The normalized spacial score (nSPS) is 14.3. The fourth-order valence-corrected chi connectivity index (χ4v) is 3.24. The Balaban J connectivity index is 1.67. The molecule has 8 heteroatoms. The number of nitrogens with one attached hydrogen (secondary N) is 1. The van der Waals surface area contributed by atoms with Gasteiger partial charge in [0.2, 0.25) is 0 Å². The van der Waals surface area contributed by atoms with Crippen LogP contribution in [0.4, 0.5) is 14.6 Å². The van der Waals surface area contributed by atoms with Gasteiger partial charge in [0.25, 0.3) is 5.91 Å². The lowest BCUT2D eigenvalue weighted by molar-refractivity contribution is -0.0504. The number of aromatic nitrogens is 1. The second-order valence-electron chi connectivity index (χ2n) is 6.25. The second kappa shape index (κ2) is 8.99. The van der Waals surface area contributed by atoms with Gasteiger partial charge < -0.3 is 15.0 Å². The number of benzene rings is 1. The van der Waals surface area contributed by atoms with Crippen LogP contribution in [0.25, 0.3) is 0 Å². The molecule has 0 radical (unpaired) electrons. The van der Waals surface area contributed by atoms with Crippen LogP contribution in [0.1, 0.15) is 35.2 Å². The lowest BCUT2D eigenvalue weighted by atomic mass is 10.1. The Morgan fingerprint density at radius 2 is 2.00 bits per heavy atom. The van der Waals surface area contributed by atoms with E-state index in [1.807, 2.05) is 4.90 Å². The molecule has 0 atom stereocenters. The van der Waals surface area contributed by atoms with Gasteiger partial charge in [0.1, 0.15) is 11.6 Å². The lowest BCUT2D eigenvalue weighted by Crippen LogP contribution is -2.35. The summed E-state index contributed by atoms with van der Waals surface area (Å²) in [6.45, 7) is -1.20. The molecule has 1 aliphatic rings. The van der Waals surface area contributed by atoms with E-state index in [-0.39, 0.29) is 18.2 Å². The van der Waals surface area contributed by atoms with Gasteiger partial charge in [-0.3, -0.25) is 4.79 Å². The van der Waals surface area contributed by atoms with Crippen LogP contribution in [0.15, 0.2) is 36.5 Å². The fourth-order valence-electron chi connectivity index (χ4n) is 3.00. The zero-order valence-corrected chi connectivity index (χ0v) is 15.4. The number of rotatable bonds is 6. The highest BCUT2D eigenvalue weighted by atomic mass is 35.5. The molecule has 1 amide bonds. The highest BCUT2D eigenvalue weighted by molar-refractivity contribution is 6.33. The summed E-state index contributed by atoms with van der Waals surface area (Å²) in [5.41, 5.74) is 0.984. The molecule has 1 aromatic heterocycles. The zero-order valence-electron chi connectivity index (χ0n) is 14.6. The first-order chi connectivity index (χ1) is 13.0. The number of carbonyl (C=O) groups is 1. The molecule has 0 unspecified atom stereocenters. The summed E-state index contributed by atoms with van der Waals surface area (Å²) >= 11 is 6.26. The number of amides is 1. The molecule has 27 heavy (non-hydrogen) atoms. The first-order valence-corrected chi connectivity index (χ1v) is 9.14. The summed E-state index contributed by atoms with van der Waals surface area (Å²) in [6, 6.07) is 8.07. The predicted octanol–water partition coefficient (Wildman–Crippen LogP) is 4.57. The van der Waals surface area contributed by atoms with Crippen molar-refractivity contribution in [2.45, 2.75) is 32.4 Å². The Hall–Kier alpha value is -2.41. The van der Waals surface area contributed by atoms with Crippen molar-refractivity contribution in [3.63, 3.8) is 0 Å². The molecule has 2 aromatic rings. The number of nitrogens with zero attached hydrogens (tertiary/aromatic N) is 2. The van der Waals surface area contributed by atoms with Crippen LogP contribution >= 0.6 is 11.6 Å². The SMILES string of the molecule is O=C(c1cnc(NCc2ccccc2OC(F)F)c(Cl)c1)N1CCCCC1. The third kappa shape index (κ3) is 5.07. The van der Waals surface area contributed by atoms with Crippen LogP contribution in [0.5, 0.6) is 5.75 Å². The minimum atomic E-state index is -2.90. The quantitative estimate of drug-likeness (QED) is 0.778. The van der Waals surface area contributed by atoms with Crippen molar-refractivity contribution in [1.29, 1.82) is 0 Å². The molecule has 0 spiro atoms. The number of halogens is 3. The number of hydrogen-bond acceptors (Lipinski definition) is 4. The average Bonchev–Trinajstić information content (AvgIpc) is 2.67. The van der Waals surface area contributed by atoms with Crippen LogP contribution in [0.3, 0.4) is 0 Å². The molecule has 0 bridgehead atoms. The Bertz CT molecular complexity index is 798. The lowest BCUT2D eigenvalue weighted by Gasteiger charge is -2.26. The van der Waals surface area contributed by atoms with E-state index in [1.54, 1.807) is 24.3 Å². The van der Waals surface area contributed by atoms with Crippen LogP contribution in [-0.4, -0.2) is 35.5 Å². The van der Waals surface area contributed by atoms with E-state index in [9.17, 15) is 13.6 Å². The molecule has 0 aliphatic carbocycles. The Kier molecular flexibility index (Phi) is 6.45. The molecule has 1 aliphatic heterocycles. The number of para-hydroxylation sites is 1. The highest BCUT2D eigenvalue weighted by Gasteiger charge is 2.19. The van der Waals surface area contributed by atoms with Crippen LogP contribution < -0.4 is 10.1 Å². The minimum Gasteiger partial charge on any atom is -0.434 e. The van der Waals surface area contributed by atoms with Crippen molar-refractivity contribution in [3.8, 4) is 5.75 Å². The van der Waals surface area contributed by atoms with Gasteiger partial charge in [0.05, 0.1) is 10.6 Å². The smallest absolute Gasteiger partial charge is 0.387 e. The predicted molar refractivity (Wildman–Crippen MR) is 99.4 cm³/mol. The average molecular weight is 396 g/mol. The van der Waals surface area contributed by atoms with Gasteiger partial charge in [-0.05, 0) is 31.4 Å².